The first-order valence-corrected chi connectivity index (χ1v) is 12.6. The first-order chi connectivity index (χ1) is 19.0. The van der Waals surface area contributed by atoms with E-state index in [9.17, 15) is 14.5 Å². The number of hydrogen-bond acceptors (Lipinski definition) is 9. The smallest absolute Gasteiger partial charge is 0.311 e. The lowest BCUT2D eigenvalue weighted by molar-refractivity contribution is -0.385. The third-order valence-corrected chi connectivity index (χ3v) is 6.48. The molecule has 39 heavy (non-hydrogen) atoms. The quantitative estimate of drug-likeness (QED) is 0.205. The highest BCUT2D eigenvalue weighted by Gasteiger charge is 2.20. The lowest BCUT2D eigenvalue weighted by Gasteiger charge is -2.26. The second kappa shape index (κ2) is 12.2. The SMILES string of the molecule is O=[N+]([O-])c1cc2c(Nc3ccc(OCc4ccc(F)cc4)c(Cl)c3)ncnc2cc1OCCN1CCOCC1. The number of aromatic nitrogens is 2. The second-order valence-electron chi connectivity index (χ2n) is 8.80. The van der Waals surface area contributed by atoms with Crippen LogP contribution in [-0.2, 0) is 11.3 Å². The Morgan fingerprint density at radius 3 is 2.59 bits per heavy atom. The van der Waals surface area contributed by atoms with Crippen LogP contribution in [0.3, 0.4) is 0 Å². The molecule has 0 radical (unpaired) electrons. The summed E-state index contributed by atoms with van der Waals surface area (Å²) in [6.07, 6.45) is 1.37. The minimum Gasteiger partial charge on any atom is -0.487 e. The van der Waals surface area contributed by atoms with Gasteiger partial charge in [0.15, 0.2) is 5.75 Å². The number of nitrogens with one attached hydrogen (secondary N) is 1. The zero-order chi connectivity index (χ0) is 27.2. The van der Waals surface area contributed by atoms with E-state index in [-0.39, 0.29) is 23.9 Å². The van der Waals surface area contributed by atoms with Gasteiger partial charge in [0.25, 0.3) is 0 Å². The molecule has 5 rings (SSSR count). The average molecular weight is 554 g/mol. The molecule has 0 spiro atoms. The number of hydrogen-bond donors (Lipinski definition) is 1. The fourth-order valence-electron chi connectivity index (χ4n) is 4.11. The number of nitro groups is 1. The fraction of sp³-hybridized carbons (Fsp3) is 0.259. The number of nitrogens with zero attached hydrogens (tertiary/aromatic N) is 4. The number of morpholine rings is 1. The van der Waals surface area contributed by atoms with Crippen molar-refractivity contribution in [2.24, 2.45) is 0 Å². The highest BCUT2D eigenvalue weighted by atomic mass is 35.5. The summed E-state index contributed by atoms with van der Waals surface area (Å²) >= 11 is 6.42. The van der Waals surface area contributed by atoms with E-state index in [0.29, 0.717) is 59.5 Å². The number of ether oxygens (including phenoxy) is 3. The van der Waals surface area contributed by atoms with E-state index in [1.807, 2.05) is 0 Å². The van der Waals surface area contributed by atoms with Crippen LogP contribution >= 0.6 is 11.6 Å². The van der Waals surface area contributed by atoms with Gasteiger partial charge in [-0.3, -0.25) is 15.0 Å². The van der Waals surface area contributed by atoms with Gasteiger partial charge in [-0.1, -0.05) is 23.7 Å². The monoisotopic (exact) mass is 553 g/mol. The van der Waals surface area contributed by atoms with Crippen LogP contribution in [0.2, 0.25) is 5.02 Å². The minimum atomic E-state index is -0.482. The lowest BCUT2D eigenvalue weighted by Crippen LogP contribution is -2.38. The molecule has 202 valence electrons. The van der Waals surface area contributed by atoms with E-state index in [0.717, 1.165) is 18.7 Å². The molecule has 0 amide bonds. The molecule has 2 heterocycles. The molecule has 10 nitrogen and oxygen atoms in total. The first-order valence-electron chi connectivity index (χ1n) is 12.3. The van der Waals surface area contributed by atoms with Gasteiger partial charge in [-0.05, 0) is 35.9 Å². The average Bonchev–Trinajstić information content (AvgIpc) is 2.94. The van der Waals surface area contributed by atoms with Crippen LogP contribution < -0.4 is 14.8 Å². The van der Waals surface area contributed by atoms with E-state index in [2.05, 4.69) is 20.2 Å². The van der Waals surface area contributed by atoms with Gasteiger partial charge in [0.05, 0.1) is 34.1 Å². The molecule has 0 saturated carbocycles. The standard InChI is InChI=1S/C27H25ClFN5O5/c28-22-13-20(5-6-25(22)39-16-18-1-3-19(29)4-2-18)32-27-21-14-24(34(35)36)26(15-23(21)30-17-31-27)38-12-9-33-7-10-37-11-8-33/h1-6,13-15,17H,7-12,16H2,(H,30,31,32). The van der Waals surface area contributed by atoms with Gasteiger partial charge in [0, 0.05) is 37.5 Å². The highest BCUT2D eigenvalue weighted by molar-refractivity contribution is 6.32. The predicted molar refractivity (Wildman–Crippen MR) is 144 cm³/mol. The summed E-state index contributed by atoms with van der Waals surface area (Å²) in [5.41, 5.74) is 1.71. The molecule has 1 aliphatic heterocycles. The molecule has 0 aliphatic carbocycles. The Kier molecular flexibility index (Phi) is 8.30. The van der Waals surface area contributed by atoms with Crippen LogP contribution in [0.4, 0.5) is 21.6 Å². The number of rotatable bonds is 10. The Bertz CT molecular complexity index is 1470. The summed E-state index contributed by atoms with van der Waals surface area (Å²) in [5.74, 6) is 0.658. The van der Waals surface area contributed by atoms with Crippen molar-refractivity contribution >= 4 is 39.7 Å². The van der Waals surface area contributed by atoms with Gasteiger partial charge in [0.2, 0.25) is 0 Å². The molecule has 1 fully saturated rings. The fourth-order valence-corrected chi connectivity index (χ4v) is 4.35. The van der Waals surface area contributed by atoms with E-state index in [1.54, 1.807) is 36.4 Å². The topological polar surface area (TPSA) is 112 Å². The molecule has 4 aromatic rings. The van der Waals surface area contributed by atoms with Crippen LogP contribution in [0, 0.1) is 15.9 Å². The lowest BCUT2D eigenvalue weighted by atomic mass is 10.2. The van der Waals surface area contributed by atoms with E-state index >= 15 is 0 Å². The Morgan fingerprint density at radius 2 is 1.85 bits per heavy atom. The van der Waals surface area contributed by atoms with Crippen LogP contribution in [-0.4, -0.2) is 59.2 Å². The zero-order valence-corrected chi connectivity index (χ0v) is 21.6. The number of halogens is 2. The van der Waals surface area contributed by atoms with Gasteiger partial charge in [-0.25, -0.2) is 14.4 Å². The van der Waals surface area contributed by atoms with Crippen molar-refractivity contribution in [3.63, 3.8) is 0 Å². The summed E-state index contributed by atoms with van der Waals surface area (Å²) in [4.78, 5) is 22.1. The zero-order valence-electron chi connectivity index (χ0n) is 20.8. The van der Waals surface area contributed by atoms with Crippen molar-refractivity contribution in [3.05, 3.63) is 87.4 Å². The van der Waals surface area contributed by atoms with Crippen molar-refractivity contribution in [3.8, 4) is 11.5 Å². The van der Waals surface area contributed by atoms with Crippen molar-refractivity contribution in [1.82, 2.24) is 14.9 Å². The Hall–Kier alpha value is -4.06. The normalized spacial score (nSPS) is 13.8. The van der Waals surface area contributed by atoms with Crippen LogP contribution in [0.15, 0.2) is 60.9 Å². The van der Waals surface area contributed by atoms with Crippen molar-refractivity contribution in [2.45, 2.75) is 6.61 Å². The highest BCUT2D eigenvalue weighted by Crippen LogP contribution is 2.35. The van der Waals surface area contributed by atoms with Gasteiger partial charge >= 0.3 is 5.69 Å². The maximum atomic E-state index is 13.1. The summed E-state index contributed by atoms with van der Waals surface area (Å²) in [7, 11) is 0. The largest absolute Gasteiger partial charge is 0.487 e. The molecule has 3 aromatic carbocycles. The van der Waals surface area contributed by atoms with Crippen LogP contribution in [0.1, 0.15) is 5.56 Å². The Balaban J connectivity index is 1.31. The van der Waals surface area contributed by atoms with Crippen LogP contribution in [0.25, 0.3) is 10.9 Å². The summed E-state index contributed by atoms with van der Waals surface area (Å²) < 4.78 is 30.0. The summed E-state index contributed by atoms with van der Waals surface area (Å²) in [6, 6.07) is 14.1. The number of fused-ring (bicyclic) bond motifs is 1. The molecule has 1 saturated heterocycles. The predicted octanol–water partition coefficient (Wildman–Crippen LogP) is 5.36. The Labute approximate surface area is 228 Å². The maximum Gasteiger partial charge on any atom is 0.311 e. The number of anilines is 2. The molecule has 12 heteroatoms. The molecule has 1 aromatic heterocycles. The molecular weight excluding hydrogens is 529 g/mol. The van der Waals surface area contributed by atoms with Crippen molar-refractivity contribution in [2.75, 3.05) is 44.8 Å². The van der Waals surface area contributed by atoms with Gasteiger partial charge < -0.3 is 19.5 Å². The summed E-state index contributed by atoms with van der Waals surface area (Å²) in [5, 5.41) is 15.8. The molecule has 0 atom stereocenters. The van der Waals surface area contributed by atoms with E-state index in [1.165, 1.54) is 24.5 Å². The third-order valence-electron chi connectivity index (χ3n) is 6.18. The molecule has 0 unspecified atom stereocenters. The van der Waals surface area contributed by atoms with Crippen molar-refractivity contribution in [1.29, 1.82) is 0 Å². The minimum absolute atomic E-state index is 0.149. The molecule has 1 N–H and O–H groups in total. The number of benzene rings is 3. The first kappa shape index (κ1) is 26.5. The third kappa shape index (κ3) is 6.69. The second-order valence-corrected chi connectivity index (χ2v) is 9.21. The van der Waals surface area contributed by atoms with E-state index in [4.69, 9.17) is 25.8 Å². The van der Waals surface area contributed by atoms with Gasteiger partial charge in [-0.15, -0.1) is 0 Å². The molecule has 0 bridgehead atoms. The molecular formula is C27H25ClFN5O5. The van der Waals surface area contributed by atoms with Gasteiger partial charge in [0.1, 0.15) is 36.9 Å². The number of nitro benzene ring substituents is 1. The Morgan fingerprint density at radius 1 is 1.05 bits per heavy atom. The van der Waals surface area contributed by atoms with Crippen molar-refractivity contribution < 1.29 is 23.5 Å². The van der Waals surface area contributed by atoms with Crippen LogP contribution in [0.5, 0.6) is 11.5 Å². The molecule has 1 aliphatic rings. The summed E-state index contributed by atoms with van der Waals surface area (Å²) in [6.45, 7) is 4.10. The van der Waals surface area contributed by atoms with Gasteiger partial charge in [-0.2, -0.15) is 0 Å². The maximum absolute atomic E-state index is 13.1. The van der Waals surface area contributed by atoms with E-state index < -0.39 is 4.92 Å².